The number of aryl methyl sites for hydroxylation is 3. The number of piperazine rings is 1. The fraction of sp³-hybridized carbons (Fsp3) is 0.333. The van der Waals surface area contributed by atoms with Gasteiger partial charge in [-0.15, -0.1) is 5.10 Å². The number of carbonyl (C=O) groups excluding carboxylic acids is 1. The molecule has 1 N–H and O–H groups in total. The van der Waals surface area contributed by atoms with Crippen LogP contribution in [0.5, 0.6) is 0 Å². The minimum Gasteiger partial charge on any atom is -0.336 e. The average Bonchev–Trinajstić information content (AvgIpc) is 3.44. The molecule has 1 aliphatic heterocycles. The number of rotatable bonds is 4. The molecule has 0 spiro atoms. The summed E-state index contributed by atoms with van der Waals surface area (Å²) >= 11 is 0. The molecule has 1 saturated heterocycles. The Morgan fingerprint density at radius 1 is 1.03 bits per heavy atom. The third kappa shape index (κ3) is 3.91. The number of hydrogen-bond acceptors (Lipinski definition) is 6. The number of H-pyrrole nitrogens is 1. The normalized spacial score (nSPS) is 15.1. The maximum absolute atomic E-state index is 13.4. The van der Waals surface area contributed by atoms with Crippen LogP contribution in [0, 0.1) is 27.7 Å². The van der Waals surface area contributed by atoms with Gasteiger partial charge in [-0.2, -0.15) is 9.40 Å². The number of aromatic amines is 1. The van der Waals surface area contributed by atoms with E-state index in [9.17, 15) is 18.0 Å². The van der Waals surface area contributed by atoms with Crippen molar-refractivity contribution < 1.29 is 13.2 Å². The largest absolute Gasteiger partial charge is 0.336 e. The van der Waals surface area contributed by atoms with E-state index in [0.29, 0.717) is 21.7 Å². The Morgan fingerprint density at radius 2 is 1.69 bits per heavy atom. The van der Waals surface area contributed by atoms with Gasteiger partial charge in [0.2, 0.25) is 16.0 Å². The highest BCUT2D eigenvalue weighted by Gasteiger charge is 2.33. The van der Waals surface area contributed by atoms with Gasteiger partial charge in [-0.1, -0.05) is 17.7 Å². The van der Waals surface area contributed by atoms with E-state index in [1.165, 1.54) is 19.7 Å². The van der Waals surface area contributed by atoms with E-state index in [0.717, 1.165) is 16.7 Å². The van der Waals surface area contributed by atoms with E-state index in [1.54, 1.807) is 30.2 Å². The third-order valence-corrected chi connectivity index (χ3v) is 8.76. The number of nitrogens with one attached hydrogen (secondary N) is 1. The van der Waals surface area contributed by atoms with Crippen molar-refractivity contribution >= 4 is 21.4 Å². The molecule has 0 unspecified atom stereocenters. The molecule has 0 atom stereocenters. The molecule has 0 bridgehead atoms. The van der Waals surface area contributed by atoms with Crippen LogP contribution in [0.2, 0.25) is 0 Å². The first-order valence-electron chi connectivity index (χ1n) is 11.6. The molecule has 1 aliphatic rings. The van der Waals surface area contributed by atoms with Crippen molar-refractivity contribution in [2.45, 2.75) is 32.6 Å². The number of nitrogens with zero attached hydrogens (tertiary/aromatic N) is 6. The second-order valence-corrected chi connectivity index (χ2v) is 11.0. The van der Waals surface area contributed by atoms with E-state index < -0.39 is 10.0 Å². The van der Waals surface area contributed by atoms with Crippen LogP contribution in [0.1, 0.15) is 32.7 Å². The second kappa shape index (κ2) is 8.71. The van der Waals surface area contributed by atoms with Crippen LogP contribution in [0.3, 0.4) is 0 Å². The molecule has 11 nitrogen and oxygen atoms in total. The highest BCUT2D eigenvalue weighted by atomic mass is 32.2. The van der Waals surface area contributed by atoms with Crippen LogP contribution in [0.15, 0.2) is 46.3 Å². The van der Waals surface area contributed by atoms with E-state index in [-0.39, 0.29) is 43.6 Å². The molecule has 5 rings (SSSR count). The number of carbonyl (C=O) groups is 1. The first-order valence-corrected chi connectivity index (χ1v) is 13.0. The summed E-state index contributed by atoms with van der Waals surface area (Å²) in [6.07, 6.45) is 3.10. The summed E-state index contributed by atoms with van der Waals surface area (Å²) in [6, 6.07) is 7.11. The van der Waals surface area contributed by atoms with Crippen LogP contribution < -0.4 is 5.56 Å². The van der Waals surface area contributed by atoms with Gasteiger partial charge in [-0.05, 0) is 51.0 Å². The van der Waals surface area contributed by atoms with Crippen molar-refractivity contribution in [1.29, 1.82) is 0 Å². The maximum atomic E-state index is 13.4. The van der Waals surface area contributed by atoms with Crippen molar-refractivity contribution in [2.24, 2.45) is 0 Å². The molecular weight excluding hydrogens is 482 g/mol. The molecule has 0 radical (unpaired) electrons. The second-order valence-electron chi connectivity index (χ2n) is 9.10. The first kappa shape index (κ1) is 23.9. The Balaban J connectivity index is 1.34. The minimum atomic E-state index is -3.68. The van der Waals surface area contributed by atoms with Gasteiger partial charge in [-0.25, -0.2) is 17.6 Å². The summed E-state index contributed by atoms with van der Waals surface area (Å²) in [6.45, 7) is 8.21. The quantitative estimate of drug-likeness (QED) is 0.445. The summed E-state index contributed by atoms with van der Waals surface area (Å²) in [4.78, 5) is 30.3. The zero-order chi connectivity index (χ0) is 25.8. The molecule has 1 aromatic carbocycles. The van der Waals surface area contributed by atoms with E-state index in [1.807, 2.05) is 32.9 Å². The lowest BCUT2D eigenvalue weighted by Crippen LogP contribution is -2.50. The zero-order valence-electron chi connectivity index (χ0n) is 20.5. The summed E-state index contributed by atoms with van der Waals surface area (Å²) in [5.41, 5.74) is 3.44. The smallest absolute Gasteiger partial charge is 0.276 e. The molecule has 1 fully saturated rings. The number of hydrogen-bond donors (Lipinski definition) is 1. The lowest BCUT2D eigenvalue weighted by Gasteiger charge is -2.34. The molecule has 12 heteroatoms. The number of amides is 1. The maximum Gasteiger partial charge on any atom is 0.276 e. The molecule has 3 aromatic heterocycles. The SMILES string of the molecule is Cc1cc(C)c(S(=O)(=O)N2CCN(C(=O)c3cnn(-c4nn5cccc5c(=O)[nH]4)c3C)CC2)c(C)c1. The highest BCUT2D eigenvalue weighted by Crippen LogP contribution is 2.26. The monoisotopic (exact) mass is 509 g/mol. The Hall–Kier alpha value is -3.77. The first-order chi connectivity index (χ1) is 17.1. The van der Waals surface area contributed by atoms with Gasteiger partial charge in [0.25, 0.3) is 11.5 Å². The molecular formula is C24H27N7O4S. The topological polar surface area (TPSA) is 126 Å². The van der Waals surface area contributed by atoms with Crippen LogP contribution in [0.25, 0.3) is 11.5 Å². The minimum absolute atomic E-state index is 0.194. The van der Waals surface area contributed by atoms with Crippen LogP contribution in [-0.4, -0.2) is 74.1 Å². The van der Waals surface area contributed by atoms with Gasteiger partial charge < -0.3 is 4.90 Å². The Kier molecular flexibility index (Phi) is 5.80. The summed E-state index contributed by atoms with van der Waals surface area (Å²) < 4.78 is 31.1. The van der Waals surface area contributed by atoms with Crippen molar-refractivity contribution in [3.05, 3.63) is 75.0 Å². The zero-order valence-corrected chi connectivity index (χ0v) is 21.3. The molecule has 0 aliphatic carbocycles. The van der Waals surface area contributed by atoms with Crippen molar-refractivity contribution in [2.75, 3.05) is 26.2 Å². The highest BCUT2D eigenvalue weighted by molar-refractivity contribution is 7.89. The van der Waals surface area contributed by atoms with Gasteiger partial charge in [0, 0.05) is 32.4 Å². The summed E-state index contributed by atoms with van der Waals surface area (Å²) in [5, 5.41) is 8.63. The Bertz CT molecular complexity index is 1630. The van der Waals surface area contributed by atoms with E-state index in [2.05, 4.69) is 15.2 Å². The number of sulfonamides is 1. The van der Waals surface area contributed by atoms with Crippen LogP contribution >= 0.6 is 0 Å². The van der Waals surface area contributed by atoms with Gasteiger partial charge in [0.05, 0.1) is 22.3 Å². The average molecular weight is 510 g/mol. The van der Waals surface area contributed by atoms with E-state index >= 15 is 0 Å². The standard InChI is InChI=1S/C24H27N7O4S/c1-15-12-16(2)21(17(3)13-15)36(34,35)29-10-8-28(9-11-29)23(33)19-14-25-31(18(19)4)24-26-22(32)20-6-5-7-30(20)27-24/h5-7,12-14H,8-11H2,1-4H3,(H,26,27,32). The van der Waals surface area contributed by atoms with E-state index in [4.69, 9.17) is 0 Å². The number of aromatic nitrogens is 5. The molecule has 4 heterocycles. The van der Waals surface area contributed by atoms with Crippen LogP contribution in [0.4, 0.5) is 0 Å². The molecule has 36 heavy (non-hydrogen) atoms. The lowest BCUT2D eigenvalue weighted by molar-refractivity contribution is 0.0697. The molecule has 4 aromatic rings. The molecule has 0 saturated carbocycles. The fourth-order valence-corrected chi connectivity index (χ4v) is 6.70. The predicted octanol–water partition coefficient (Wildman–Crippen LogP) is 1.59. The summed E-state index contributed by atoms with van der Waals surface area (Å²) in [5.74, 6) is -0.0529. The van der Waals surface area contributed by atoms with Crippen LogP contribution in [-0.2, 0) is 10.0 Å². The molecule has 1 amide bonds. The lowest BCUT2D eigenvalue weighted by atomic mass is 10.1. The Labute approximate surface area is 208 Å². The number of fused-ring (bicyclic) bond motifs is 1. The van der Waals surface area contributed by atoms with Gasteiger partial charge in [0.15, 0.2) is 0 Å². The fourth-order valence-electron chi connectivity index (χ4n) is 4.86. The third-order valence-electron chi connectivity index (χ3n) is 6.56. The Morgan fingerprint density at radius 3 is 2.36 bits per heavy atom. The van der Waals surface area contributed by atoms with Gasteiger partial charge >= 0.3 is 0 Å². The molecule has 188 valence electrons. The van der Waals surface area contributed by atoms with Crippen molar-refractivity contribution in [1.82, 2.24) is 33.6 Å². The van der Waals surface area contributed by atoms with Gasteiger partial charge in [0.1, 0.15) is 5.52 Å². The van der Waals surface area contributed by atoms with Crippen molar-refractivity contribution in [3.8, 4) is 5.95 Å². The predicted molar refractivity (Wildman–Crippen MR) is 133 cm³/mol. The summed E-state index contributed by atoms with van der Waals surface area (Å²) in [7, 11) is -3.68. The number of benzene rings is 1. The van der Waals surface area contributed by atoms with Crippen molar-refractivity contribution in [3.63, 3.8) is 0 Å². The van der Waals surface area contributed by atoms with Gasteiger partial charge in [-0.3, -0.25) is 14.6 Å².